The first kappa shape index (κ1) is 30.9. The summed E-state index contributed by atoms with van der Waals surface area (Å²) < 4.78 is 34.3. The van der Waals surface area contributed by atoms with Gasteiger partial charge in [0.15, 0.2) is 0 Å². The monoisotopic (exact) mass is 585 g/mol. The highest BCUT2D eigenvalue weighted by atomic mass is 32.2. The van der Waals surface area contributed by atoms with Crippen molar-refractivity contribution in [2.45, 2.75) is 57.5 Å². The molecule has 0 unspecified atom stereocenters. The van der Waals surface area contributed by atoms with E-state index in [9.17, 15) is 18.0 Å². The lowest BCUT2D eigenvalue weighted by atomic mass is 9.81. The van der Waals surface area contributed by atoms with Gasteiger partial charge in [0.05, 0.1) is 4.90 Å². The number of ether oxygens (including phenoxy) is 1. The van der Waals surface area contributed by atoms with Crippen molar-refractivity contribution in [2.75, 3.05) is 56.0 Å². The van der Waals surface area contributed by atoms with Crippen LogP contribution in [0, 0.1) is 11.8 Å². The average Bonchev–Trinajstić information content (AvgIpc) is 2.92. The van der Waals surface area contributed by atoms with Crippen molar-refractivity contribution in [3.8, 4) is 0 Å². The fourth-order valence-corrected chi connectivity index (χ4v) is 7.12. The summed E-state index contributed by atoms with van der Waals surface area (Å²) >= 11 is 0. The number of carbonyl (C=O) groups excluding carboxylic acids is 2. The van der Waals surface area contributed by atoms with Crippen LogP contribution >= 0.6 is 0 Å². The van der Waals surface area contributed by atoms with Gasteiger partial charge in [0.25, 0.3) is 0 Å². The predicted octanol–water partition coefficient (Wildman–Crippen LogP) is 3.61. The van der Waals surface area contributed by atoms with Gasteiger partial charge in [0.2, 0.25) is 15.9 Å². The van der Waals surface area contributed by atoms with E-state index in [0.717, 1.165) is 45.0 Å². The molecule has 0 aliphatic carbocycles. The third-order valence-corrected chi connectivity index (χ3v) is 9.56. The number of hydrogen-bond acceptors (Lipinski definition) is 8. The molecule has 3 heterocycles. The van der Waals surface area contributed by atoms with Gasteiger partial charge in [-0.05, 0) is 88.4 Å². The SMILES string of the molecule is CC(=O)Nc1ccc(S(=O)(=O)N2CC[C@@H](CC(=O)OC(C)(C)C)[C@@H](CCN3CCN(c4ccccn4)CC3)C2)cc1. The standard InChI is InChI=1S/C30H43N5O5S/c1-23(36)32-26-8-10-27(11-9-26)41(38,39)35-16-13-24(21-29(37)40-30(2,3)4)25(22-35)12-15-33-17-19-34(20-18-33)28-7-5-6-14-31-28/h5-11,14,24-25H,12-13,15-22H2,1-4H3,(H,32,36)/t24-,25-/m0/s1. The number of esters is 1. The van der Waals surface area contributed by atoms with E-state index in [2.05, 4.69) is 20.1 Å². The maximum Gasteiger partial charge on any atom is 0.306 e. The van der Waals surface area contributed by atoms with E-state index in [1.54, 1.807) is 16.4 Å². The average molecular weight is 586 g/mol. The highest BCUT2D eigenvalue weighted by Crippen LogP contribution is 2.33. The molecule has 1 aromatic carbocycles. The minimum Gasteiger partial charge on any atom is -0.460 e. The number of piperazine rings is 1. The van der Waals surface area contributed by atoms with Gasteiger partial charge in [-0.3, -0.25) is 14.5 Å². The molecule has 0 saturated carbocycles. The molecule has 2 aliphatic heterocycles. The first-order valence-electron chi connectivity index (χ1n) is 14.4. The summed E-state index contributed by atoms with van der Waals surface area (Å²) in [5, 5.41) is 2.67. The number of aromatic nitrogens is 1. The molecule has 2 aromatic rings. The van der Waals surface area contributed by atoms with E-state index in [-0.39, 0.29) is 35.0 Å². The zero-order chi connectivity index (χ0) is 29.6. The fraction of sp³-hybridized carbons (Fsp3) is 0.567. The van der Waals surface area contributed by atoms with Crippen LogP contribution in [0.15, 0.2) is 53.6 Å². The number of nitrogens with zero attached hydrogens (tertiary/aromatic N) is 4. The summed E-state index contributed by atoms with van der Waals surface area (Å²) in [4.78, 5) is 33.5. The number of sulfonamides is 1. The molecular formula is C30H43N5O5S. The Bertz CT molecular complexity index is 1270. The quantitative estimate of drug-likeness (QED) is 0.445. The second-order valence-corrected chi connectivity index (χ2v) is 13.9. The highest BCUT2D eigenvalue weighted by molar-refractivity contribution is 7.89. The Labute approximate surface area is 244 Å². The minimum absolute atomic E-state index is 0.0264. The maximum absolute atomic E-state index is 13.6. The number of hydrogen-bond donors (Lipinski definition) is 1. The van der Waals surface area contributed by atoms with Gasteiger partial charge in [-0.1, -0.05) is 6.07 Å². The van der Waals surface area contributed by atoms with Gasteiger partial charge in [0, 0.05) is 64.5 Å². The van der Waals surface area contributed by atoms with Crippen LogP contribution in [0.25, 0.3) is 0 Å². The van der Waals surface area contributed by atoms with E-state index in [1.165, 1.54) is 19.1 Å². The molecule has 0 radical (unpaired) electrons. The van der Waals surface area contributed by atoms with Crippen LogP contribution in [0.2, 0.25) is 0 Å². The van der Waals surface area contributed by atoms with Crippen LogP contribution in [-0.4, -0.2) is 85.9 Å². The first-order chi connectivity index (χ1) is 19.4. The number of anilines is 2. The number of pyridine rings is 1. The smallest absolute Gasteiger partial charge is 0.306 e. The highest BCUT2D eigenvalue weighted by Gasteiger charge is 2.37. The Morgan fingerprint density at radius 2 is 1.71 bits per heavy atom. The summed E-state index contributed by atoms with van der Waals surface area (Å²) in [5.74, 6) is 0.615. The Morgan fingerprint density at radius 1 is 1.00 bits per heavy atom. The van der Waals surface area contributed by atoms with Crippen molar-refractivity contribution < 1.29 is 22.7 Å². The van der Waals surface area contributed by atoms with Gasteiger partial charge >= 0.3 is 5.97 Å². The molecule has 1 N–H and O–H groups in total. The molecule has 224 valence electrons. The Kier molecular flexibility index (Phi) is 10.0. The molecule has 10 nitrogen and oxygen atoms in total. The summed E-state index contributed by atoms with van der Waals surface area (Å²) in [6.45, 7) is 12.1. The lowest BCUT2D eigenvalue weighted by Crippen LogP contribution is -2.49. The predicted molar refractivity (Wildman–Crippen MR) is 159 cm³/mol. The summed E-state index contributed by atoms with van der Waals surface area (Å²) in [6, 6.07) is 12.2. The van der Waals surface area contributed by atoms with Crippen LogP contribution in [0.5, 0.6) is 0 Å². The van der Waals surface area contributed by atoms with E-state index >= 15 is 0 Å². The number of rotatable bonds is 9. The molecular weight excluding hydrogens is 542 g/mol. The number of benzene rings is 1. The molecule has 11 heteroatoms. The van der Waals surface area contributed by atoms with Crippen molar-refractivity contribution in [2.24, 2.45) is 11.8 Å². The van der Waals surface area contributed by atoms with Crippen LogP contribution in [0.4, 0.5) is 11.5 Å². The molecule has 4 rings (SSSR count). The van der Waals surface area contributed by atoms with Gasteiger partial charge < -0.3 is 15.0 Å². The number of nitrogens with one attached hydrogen (secondary N) is 1. The summed E-state index contributed by atoms with van der Waals surface area (Å²) in [6.07, 6.45) is 3.49. The van der Waals surface area contributed by atoms with Crippen LogP contribution < -0.4 is 10.2 Å². The van der Waals surface area contributed by atoms with Gasteiger partial charge in [-0.2, -0.15) is 4.31 Å². The molecule has 2 atom stereocenters. The third kappa shape index (κ3) is 8.73. The zero-order valence-electron chi connectivity index (χ0n) is 24.6. The first-order valence-corrected chi connectivity index (χ1v) is 15.8. The largest absolute Gasteiger partial charge is 0.460 e. The molecule has 2 saturated heterocycles. The molecule has 41 heavy (non-hydrogen) atoms. The lowest BCUT2D eigenvalue weighted by Gasteiger charge is -2.40. The van der Waals surface area contributed by atoms with Crippen molar-refractivity contribution in [3.63, 3.8) is 0 Å². The molecule has 2 aliphatic rings. The van der Waals surface area contributed by atoms with Gasteiger partial charge in [0.1, 0.15) is 11.4 Å². The van der Waals surface area contributed by atoms with Crippen LogP contribution in [0.3, 0.4) is 0 Å². The van der Waals surface area contributed by atoms with E-state index < -0.39 is 15.6 Å². The van der Waals surface area contributed by atoms with Crippen LogP contribution in [-0.2, 0) is 24.3 Å². The summed E-state index contributed by atoms with van der Waals surface area (Å²) in [5.41, 5.74) is -0.0126. The third-order valence-electron chi connectivity index (χ3n) is 7.68. The second kappa shape index (κ2) is 13.3. The number of piperidine rings is 1. The minimum atomic E-state index is -3.72. The molecule has 1 amide bonds. The second-order valence-electron chi connectivity index (χ2n) is 12.0. The molecule has 0 bridgehead atoms. The van der Waals surface area contributed by atoms with Gasteiger partial charge in [-0.15, -0.1) is 0 Å². The maximum atomic E-state index is 13.6. The fourth-order valence-electron chi connectivity index (χ4n) is 5.61. The van der Waals surface area contributed by atoms with Crippen molar-refractivity contribution in [3.05, 3.63) is 48.7 Å². The molecule has 2 fully saturated rings. The Balaban J connectivity index is 1.42. The number of carbonyl (C=O) groups is 2. The van der Waals surface area contributed by atoms with Gasteiger partial charge in [-0.25, -0.2) is 13.4 Å². The number of amides is 1. The van der Waals surface area contributed by atoms with Crippen molar-refractivity contribution in [1.29, 1.82) is 0 Å². The van der Waals surface area contributed by atoms with Crippen molar-refractivity contribution in [1.82, 2.24) is 14.2 Å². The Morgan fingerprint density at radius 3 is 2.32 bits per heavy atom. The molecule has 0 spiro atoms. The topological polar surface area (TPSA) is 112 Å². The van der Waals surface area contributed by atoms with Crippen LogP contribution in [0.1, 0.15) is 47.0 Å². The van der Waals surface area contributed by atoms with E-state index in [4.69, 9.17) is 4.74 Å². The lowest BCUT2D eigenvalue weighted by molar-refractivity contribution is -0.156. The zero-order valence-corrected chi connectivity index (χ0v) is 25.4. The van der Waals surface area contributed by atoms with E-state index in [1.807, 2.05) is 45.2 Å². The van der Waals surface area contributed by atoms with E-state index in [0.29, 0.717) is 25.2 Å². The Hall–Kier alpha value is -3.02. The summed E-state index contributed by atoms with van der Waals surface area (Å²) in [7, 11) is -3.72. The normalized spacial score (nSPS) is 20.9. The van der Waals surface area contributed by atoms with Crippen molar-refractivity contribution >= 4 is 33.4 Å². The molecule has 1 aromatic heterocycles.